The van der Waals surface area contributed by atoms with Crippen molar-refractivity contribution in [3.8, 4) is 0 Å². The lowest BCUT2D eigenvalue weighted by atomic mass is 10.2. The Balaban J connectivity index is 0.000000167. The molecule has 1 heterocycles. The highest BCUT2D eigenvalue weighted by atomic mass is 32.2. The van der Waals surface area contributed by atoms with Crippen molar-refractivity contribution in [2.45, 2.75) is 18.2 Å². The van der Waals surface area contributed by atoms with E-state index in [1.165, 1.54) is 18.5 Å². The first-order chi connectivity index (χ1) is 10.9. The molecular formula is C16H17N3O3S. The Morgan fingerprint density at radius 3 is 2.30 bits per heavy atom. The first-order valence-corrected chi connectivity index (χ1v) is 8.50. The van der Waals surface area contributed by atoms with Crippen LogP contribution in [0, 0.1) is 0 Å². The van der Waals surface area contributed by atoms with Gasteiger partial charge in [0.15, 0.2) is 0 Å². The Hall–Kier alpha value is -2.51. The number of aromatic nitrogens is 2. The second-order valence-electron chi connectivity index (χ2n) is 4.79. The second-order valence-corrected chi connectivity index (χ2v) is 6.35. The molecule has 23 heavy (non-hydrogen) atoms. The molecule has 3 rings (SSSR count). The number of nitrogens with one attached hydrogen (secondary N) is 1. The van der Waals surface area contributed by atoms with E-state index in [9.17, 15) is 13.2 Å². The van der Waals surface area contributed by atoms with Gasteiger partial charge in [0.05, 0.1) is 22.1 Å². The number of aryl methyl sites for hydroxylation is 1. The largest absolute Gasteiger partial charge is 0.313 e. The molecule has 120 valence electrons. The Morgan fingerprint density at radius 1 is 1.09 bits per heavy atom. The van der Waals surface area contributed by atoms with Gasteiger partial charge in [-0.05, 0) is 36.2 Å². The Morgan fingerprint density at radius 2 is 1.74 bits per heavy atom. The molecule has 0 amide bonds. The number of fused-ring (bicyclic) bond motifs is 1. The maximum absolute atomic E-state index is 11.1. The smallest absolute Gasteiger partial charge is 0.258 e. The molecule has 3 aromatic rings. The number of primary sulfonamides is 1. The molecule has 0 saturated heterocycles. The van der Waals surface area contributed by atoms with Gasteiger partial charge in [-0.1, -0.05) is 31.2 Å². The SMILES string of the molecule is CCc1ccc(S(N)(=O)=O)cc1.O=c1[nH]cnc2ccccc12. The maximum atomic E-state index is 11.1. The van der Waals surface area contributed by atoms with Gasteiger partial charge in [-0.15, -0.1) is 0 Å². The summed E-state index contributed by atoms with van der Waals surface area (Å²) in [4.78, 5) is 17.7. The van der Waals surface area contributed by atoms with E-state index < -0.39 is 10.0 Å². The Bertz CT molecular complexity index is 943. The van der Waals surface area contributed by atoms with Crippen molar-refractivity contribution in [2.24, 2.45) is 5.14 Å². The van der Waals surface area contributed by atoms with Gasteiger partial charge in [0.2, 0.25) is 10.0 Å². The monoisotopic (exact) mass is 331 g/mol. The number of hydrogen-bond acceptors (Lipinski definition) is 4. The minimum atomic E-state index is -3.53. The number of hydrogen-bond donors (Lipinski definition) is 2. The molecule has 0 fully saturated rings. The molecule has 2 aromatic carbocycles. The number of H-pyrrole nitrogens is 1. The van der Waals surface area contributed by atoms with Gasteiger partial charge in [-0.2, -0.15) is 0 Å². The van der Waals surface area contributed by atoms with Crippen molar-refractivity contribution in [1.82, 2.24) is 9.97 Å². The van der Waals surface area contributed by atoms with Gasteiger partial charge in [-0.3, -0.25) is 4.79 Å². The van der Waals surface area contributed by atoms with E-state index in [0.29, 0.717) is 5.39 Å². The molecular weight excluding hydrogens is 314 g/mol. The van der Waals surface area contributed by atoms with Crippen LogP contribution in [0.1, 0.15) is 12.5 Å². The number of aromatic amines is 1. The third-order valence-electron chi connectivity index (χ3n) is 3.21. The van der Waals surface area contributed by atoms with Gasteiger partial charge in [0.25, 0.3) is 5.56 Å². The number of nitrogens with two attached hydrogens (primary N) is 1. The van der Waals surface area contributed by atoms with E-state index in [-0.39, 0.29) is 10.5 Å². The zero-order valence-electron chi connectivity index (χ0n) is 12.6. The summed E-state index contributed by atoms with van der Waals surface area (Å²) >= 11 is 0. The molecule has 0 aliphatic rings. The van der Waals surface area contributed by atoms with Crippen LogP contribution in [0.25, 0.3) is 10.9 Å². The fraction of sp³-hybridized carbons (Fsp3) is 0.125. The van der Waals surface area contributed by atoms with Crippen LogP contribution in [0.15, 0.2) is 64.5 Å². The fourth-order valence-electron chi connectivity index (χ4n) is 1.93. The van der Waals surface area contributed by atoms with Crippen molar-refractivity contribution in [3.63, 3.8) is 0 Å². The minimum absolute atomic E-state index is 0.0874. The predicted octanol–water partition coefficient (Wildman–Crippen LogP) is 1.82. The third kappa shape index (κ3) is 4.48. The van der Waals surface area contributed by atoms with Crippen molar-refractivity contribution in [2.75, 3.05) is 0 Å². The zero-order chi connectivity index (χ0) is 16.9. The molecule has 0 spiro atoms. The first-order valence-electron chi connectivity index (χ1n) is 6.96. The second kappa shape index (κ2) is 7.17. The molecule has 3 N–H and O–H groups in total. The lowest BCUT2D eigenvalue weighted by molar-refractivity contribution is 0.598. The molecule has 0 aliphatic carbocycles. The Labute approximate surface area is 134 Å². The van der Waals surface area contributed by atoms with Gasteiger partial charge in [0.1, 0.15) is 0 Å². The summed E-state index contributed by atoms with van der Waals surface area (Å²) in [5, 5.41) is 5.55. The van der Waals surface area contributed by atoms with E-state index in [2.05, 4.69) is 9.97 Å². The van der Waals surface area contributed by atoms with Gasteiger partial charge >= 0.3 is 0 Å². The lowest BCUT2D eigenvalue weighted by Crippen LogP contribution is -2.11. The summed E-state index contributed by atoms with van der Waals surface area (Å²) in [6, 6.07) is 13.8. The summed E-state index contributed by atoms with van der Waals surface area (Å²) in [5.74, 6) is 0. The number of para-hydroxylation sites is 1. The highest BCUT2D eigenvalue weighted by Crippen LogP contribution is 2.08. The highest BCUT2D eigenvalue weighted by molar-refractivity contribution is 7.89. The summed E-state index contributed by atoms with van der Waals surface area (Å²) in [7, 11) is -3.53. The van der Waals surface area contributed by atoms with Crippen LogP contribution in [-0.4, -0.2) is 18.4 Å². The average molecular weight is 331 g/mol. The highest BCUT2D eigenvalue weighted by Gasteiger charge is 2.05. The summed E-state index contributed by atoms with van der Waals surface area (Å²) < 4.78 is 21.6. The van der Waals surface area contributed by atoms with Crippen molar-refractivity contribution < 1.29 is 8.42 Å². The quantitative estimate of drug-likeness (QED) is 0.747. The Kier molecular flexibility index (Phi) is 5.25. The zero-order valence-corrected chi connectivity index (χ0v) is 13.4. The van der Waals surface area contributed by atoms with Crippen LogP contribution in [-0.2, 0) is 16.4 Å². The number of nitrogens with zero attached hydrogens (tertiary/aromatic N) is 1. The van der Waals surface area contributed by atoms with Crippen LogP contribution in [0.3, 0.4) is 0 Å². The van der Waals surface area contributed by atoms with E-state index in [1.54, 1.807) is 18.2 Å². The van der Waals surface area contributed by atoms with Crippen LogP contribution in [0.5, 0.6) is 0 Å². The number of benzene rings is 2. The van der Waals surface area contributed by atoms with E-state index >= 15 is 0 Å². The maximum Gasteiger partial charge on any atom is 0.258 e. The molecule has 0 bridgehead atoms. The van der Waals surface area contributed by atoms with E-state index in [1.807, 2.05) is 25.1 Å². The van der Waals surface area contributed by atoms with Crippen molar-refractivity contribution >= 4 is 20.9 Å². The fourth-order valence-corrected chi connectivity index (χ4v) is 2.45. The molecule has 0 atom stereocenters. The predicted molar refractivity (Wildman–Crippen MR) is 89.6 cm³/mol. The standard InChI is InChI=1S/C8H6N2O.C8H11NO2S/c11-8-6-3-1-2-4-7(6)9-5-10-8;1-2-7-3-5-8(6-4-7)12(9,10)11/h1-5H,(H,9,10,11);3-6H,2H2,1H3,(H2,9,10,11). The molecule has 0 aliphatic heterocycles. The molecule has 6 nitrogen and oxygen atoms in total. The topological polar surface area (TPSA) is 106 Å². The van der Waals surface area contributed by atoms with Gasteiger partial charge in [0, 0.05) is 0 Å². The lowest BCUT2D eigenvalue weighted by Gasteiger charge is -1.98. The first kappa shape index (κ1) is 16.9. The van der Waals surface area contributed by atoms with E-state index in [4.69, 9.17) is 5.14 Å². The molecule has 7 heteroatoms. The molecule has 1 aromatic heterocycles. The number of sulfonamides is 1. The molecule has 0 radical (unpaired) electrons. The molecule has 0 saturated carbocycles. The van der Waals surface area contributed by atoms with Crippen LogP contribution in [0.4, 0.5) is 0 Å². The molecule has 0 unspecified atom stereocenters. The minimum Gasteiger partial charge on any atom is -0.313 e. The third-order valence-corrected chi connectivity index (χ3v) is 4.14. The number of rotatable bonds is 2. The normalized spacial score (nSPS) is 10.9. The summed E-state index contributed by atoms with van der Waals surface area (Å²) in [5.41, 5.74) is 1.74. The van der Waals surface area contributed by atoms with E-state index in [0.717, 1.165) is 17.5 Å². The average Bonchev–Trinajstić information content (AvgIpc) is 2.55. The summed E-state index contributed by atoms with van der Waals surface area (Å²) in [6.45, 7) is 2.01. The van der Waals surface area contributed by atoms with Crippen LogP contribution >= 0.6 is 0 Å². The van der Waals surface area contributed by atoms with Gasteiger partial charge < -0.3 is 4.98 Å². The van der Waals surface area contributed by atoms with Crippen molar-refractivity contribution in [3.05, 3.63) is 70.8 Å². The van der Waals surface area contributed by atoms with Crippen LogP contribution < -0.4 is 10.7 Å². The summed E-state index contributed by atoms with van der Waals surface area (Å²) in [6.07, 6.45) is 2.30. The van der Waals surface area contributed by atoms with Crippen molar-refractivity contribution in [1.29, 1.82) is 0 Å². The van der Waals surface area contributed by atoms with Gasteiger partial charge in [-0.25, -0.2) is 18.5 Å². The van der Waals surface area contributed by atoms with Crippen LogP contribution in [0.2, 0.25) is 0 Å².